The van der Waals surface area contributed by atoms with Crippen molar-refractivity contribution >= 4 is 17.7 Å². The van der Waals surface area contributed by atoms with E-state index in [0.29, 0.717) is 0 Å². The molecule has 0 aromatic heterocycles. The Kier molecular flexibility index (Phi) is 4.73. The average molecular weight is 245 g/mol. The van der Waals surface area contributed by atoms with E-state index >= 15 is 0 Å². The van der Waals surface area contributed by atoms with Crippen LogP contribution in [0.3, 0.4) is 0 Å². The molecule has 2 nitrogen and oxygen atoms in total. The Bertz CT molecular complexity index is 364. The van der Waals surface area contributed by atoms with Gasteiger partial charge in [-0.05, 0) is 19.1 Å². The predicted molar refractivity (Wildman–Crippen MR) is 61.3 cm³/mol. The summed E-state index contributed by atoms with van der Waals surface area (Å²) in [6.07, 6.45) is 0. The second kappa shape index (κ2) is 5.84. The molecule has 0 radical (unpaired) electrons. The third kappa shape index (κ3) is 3.20. The van der Waals surface area contributed by atoms with Crippen LogP contribution in [-0.2, 0) is 4.79 Å². The van der Waals surface area contributed by atoms with Crippen LogP contribution in [0.15, 0.2) is 18.2 Å². The summed E-state index contributed by atoms with van der Waals surface area (Å²) in [6.45, 7) is 1.68. The molecule has 0 bridgehead atoms. The van der Waals surface area contributed by atoms with Gasteiger partial charge in [-0.25, -0.2) is 8.78 Å². The number of carbonyl (C=O) groups excluding carboxylic acids is 1. The van der Waals surface area contributed by atoms with E-state index in [1.165, 1.54) is 37.0 Å². The first-order chi connectivity index (χ1) is 7.56. The molecule has 0 fully saturated rings. The van der Waals surface area contributed by atoms with E-state index in [1.807, 2.05) is 0 Å². The standard InChI is InChI=1S/C11H13F2NOS/c1-7(16-6-10(15)14-2)11-8(12)4-3-5-9(11)13/h3-5,7H,6H2,1-2H3,(H,14,15). The molecule has 88 valence electrons. The van der Waals surface area contributed by atoms with E-state index in [2.05, 4.69) is 5.32 Å². The number of rotatable bonds is 4. The van der Waals surface area contributed by atoms with Crippen molar-refractivity contribution in [1.82, 2.24) is 5.32 Å². The van der Waals surface area contributed by atoms with Crippen LogP contribution in [-0.4, -0.2) is 18.7 Å². The molecular formula is C11H13F2NOS. The molecule has 1 N–H and O–H groups in total. The van der Waals surface area contributed by atoms with Crippen molar-refractivity contribution in [2.45, 2.75) is 12.2 Å². The van der Waals surface area contributed by atoms with Crippen LogP contribution in [0, 0.1) is 11.6 Å². The van der Waals surface area contributed by atoms with Gasteiger partial charge in [0.25, 0.3) is 0 Å². The molecule has 1 amide bonds. The fourth-order valence-electron chi connectivity index (χ4n) is 1.26. The highest BCUT2D eigenvalue weighted by Gasteiger charge is 2.16. The Morgan fingerprint density at radius 2 is 2.00 bits per heavy atom. The van der Waals surface area contributed by atoms with Gasteiger partial charge < -0.3 is 5.32 Å². The van der Waals surface area contributed by atoms with Gasteiger partial charge in [-0.15, -0.1) is 11.8 Å². The van der Waals surface area contributed by atoms with Gasteiger partial charge in [0.2, 0.25) is 5.91 Å². The van der Waals surface area contributed by atoms with Gasteiger partial charge in [-0.1, -0.05) is 6.07 Å². The lowest BCUT2D eigenvalue weighted by atomic mass is 10.1. The number of thioether (sulfide) groups is 1. The van der Waals surface area contributed by atoms with Gasteiger partial charge in [0.1, 0.15) is 11.6 Å². The number of hydrogen-bond acceptors (Lipinski definition) is 2. The van der Waals surface area contributed by atoms with Gasteiger partial charge in [-0.3, -0.25) is 4.79 Å². The van der Waals surface area contributed by atoms with Crippen LogP contribution in [0.4, 0.5) is 8.78 Å². The smallest absolute Gasteiger partial charge is 0.229 e. The molecular weight excluding hydrogens is 232 g/mol. The van der Waals surface area contributed by atoms with Gasteiger partial charge >= 0.3 is 0 Å². The predicted octanol–water partition coefficient (Wildman–Crippen LogP) is 2.51. The van der Waals surface area contributed by atoms with E-state index in [9.17, 15) is 13.6 Å². The summed E-state index contributed by atoms with van der Waals surface area (Å²) in [5.74, 6) is -1.12. The van der Waals surface area contributed by atoms with Crippen LogP contribution in [0.5, 0.6) is 0 Å². The summed E-state index contributed by atoms with van der Waals surface area (Å²) in [4.78, 5) is 11.0. The molecule has 1 atom stereocenters. The third-order valence-corrected chi connectivity index (χ3v) is 3.31. The minimum atomic E-state index is -0.572. The van der Waals surface area contributed by atoms with Crippen molar-refractivity contribution in [2.75, 3.05) is 12.8 Å². The van der Waals surface area contributed by atoms with Crippen molar-refractivity contribution in [1.29, 1.82) is 0 Å². The van der Waals surface area contributed by atoms with Crippen molar-refractivity contribution < 1.29 is 13.6 Å². The summed E-state index contributed by atoms with van der Waals surface area (Å²) in [5.41, 5.74) is 0.0244. The fourth-order valence-corrected chi connectivity index (χ4v) is 2.19. The van der Waals surface area contributed by atoms with Crippen molar-refractivity contribution in [3.8, 4) is 0 Å². The average Bonchev–Trinajstić information content (AvgIpc) is 2.25. The number of halogens is 2. The van der Waals surface area contributed by atoms with Crippen molar-refractivity contribution in [3.05, 3.63) is 35.4 Å². The van der Waals surface area contributed by atoms with E-state index < -0.39 is 16.9 Å². The Labute approximate surface area is 97.4 Å². The van der Waals surface area contributed by atoms with Crippen LogP contribution in [0.2, 0.25) is 0 Å². The normalized spacial score (nSPS) is 12.2. The number of hydrogen-bond donors (Lipinski definition) is 1. The second-order valence-corrected chi connectivity index (χ2v) is 4.59. The summed E-state index contributed by atoms with van der Waals surface area (Å²) < 4.78 is 26.7. The van der Waals surface area contributed by atoms with Gasteiger partial charge in [0, 0.05) is 17.9 Å². The molecule has 0 saturated carbocycles. The van der Waals surface area contributed by atoms with Crippen LogP contribution in [0.25, 0.3) is 0 Å². The van der Waals surface area contributed by atoms with Crippen molar-refractivity contribution in [3.63, 3.8) is 0 Å². The lowest BCUT2D eigenvalue weighted by molar-refractivity contribution is -0.118. The van der Waals surface area contributed by atoms with Crippen LogP contribution < -0.4 is 5.32 Å². The highest BCUT2D eigenvalue weighted by molar-refractivity contribution is 8.00. The first-order valence-corrected chi connectivity index (χ1v) is 5.87. The zero-order chi connectivity index (χ0) is 12.1. The maximum atomic E-state index is 13.4. The topological polar surface area (TPSA) is 29.1 Å². The third-order valence-electron chi connectivity index (χ3n) is 2.15. The fraction of sp³-hybridized carbons (Fsp3) is 0.364. The summed E-state index contributed by atoms with van der Waals surface area (Å²) >= 11 is 1.20. The highest BCUT2D eigenvalue weighted by Crippen LogP contribution is 2.31. The molecule has 0 heterocycles. The lowest BCUT2D eigenvalue weighted by Crippen LogP contribution is -2.20. The Balaban J connectivity index is 2.73. The SMILES string of the molecule is CNC(=O)CSC(C)c1c(F)cccc1F. The first kappa shape index (κ1) is 13.0. The lowest BCUT2D eigenvalue weighted by Gasteiger charge is -2.12. The largest absolute Gasteiger partial charge is 0.358 e. The number of nitrogens with one attached hydrogen (secondary N) is 1. The van der Waals surface area contributed by atoms with E-state index in [0.717, 1.165) is 0 Å². The summed E-state index contributed by atoms with van der Waals surface area (Å²) in [6, 6.07) is 3.76. The highest BCUT2D eigenvalue weighted by atomic mass is 32.2. The molecule has 0 aliphatic rings. The van der Waals surface area contributed by atoms with Crippen LogP contribution >= 0.6 is 11.8 Å². The Morgan fingerprint density at radius 3 is 2.50 bits per heavy atom. The van der Waals surface area contributed by atoms with Gasteiger partial charge in [0.15, 0.2) is 0 Å². The number of benzene rings is 1. The monoisotopic (exact) mass is 245 g/mol. The molecule has 1 aromatic rings. The Morgan fingerprint density at radius 1 is 1.44 bits per heavy atom. The van der Waals surface area contributed by atoms with E-state index in [4.69, 9.17) is 0 Å². The zero-order valence-electron chi connectivity index (χ0n) is 9.09. The second-order valence-electron chi connectivity index (χ2n) is 3.26. The maximum absolute atomic E-state index is 13.4. The molecule has 0 aliphatic carbocycles. The number of carbonyl (C=O) groups is 1. The van der Waals surface area contributed by atoms with Crippen molar-refractivity contribution in [2.24, 2.45) is 0 Å². The zero-order valence-corrected chi connectivity index (χ0v) is 9.91. The van der Waals surface area contributed by atoms with Gasteiger partial charge in [-0.2, -0.15) is 0 Å². The van der Waals surface area contributed by atoms with E-state index in [-0.39, 0.29) is 17.2 Å². The summed E-state index contributed by atoms with van der Waals surface area (Å²) in [5, 5.41) is 2.06. The molecule has 0 saturated heterocycles. The van der Waals surface area contributed by atoms with Gasteiger partial charge in [0.05, 0.1) is 5.75 Å². The summed E-state index contributed by atoms with van der Waals surface area (Å²) in [7, 11) is 1.53. The first-order valence-electron chi connectivity index (χ1n) is 4.82. The minimum Gasteiger partial charge on any atom is -0.358 e. The quantitative estimate of drug-likeness (QED) is 0.883. The number of amides is 1. The molecule has 5 heteroatoms. The van der Waals surface area contributed by atoms with Crippen LogP contribution in [0.1, 0.15) is 17.7 Å². The molecule has 0 aliphatic heterocycles. The molecule has 16 heavy (non-hydrogen) atoms. The van der Waals surface area contributed by atoms with E-state index in [1.54, 1.807) is 6.92 Å². The molecule has 1 rings (SSSR count). The minimum absolute atomic E-state index is 0.0244. The molecule has 0 spiro atoms. The molecule has 1 unspecified atom stereocenters. The maximum Gasteiger partial charge on any atom is 0.229 e. The Hall–Kier alpha value is -1.10. The molecule has 1 aromatic carbocycles.